The maximum Gasteiger partial charge on any atom is 0.289 e. The van der Waals surface area contributed by atoms with Crippen molar-refractivity contribution in [3.63, 3.8) is 0 Å². The number of amides is 2. The second-order valence-corrected chi connectivity index (χ2v) is 6.56. The third-order valence-electron chi connectivity index (χ3n) is 3.44. The maximum atomic E-state index is 12.1. The number of hydrazine groups is 1. The van der Waals surface area contributed by atoms with E-state index in [-0.39, 0.29) is 11.3 Å². The van der Waals surface area contributed by atoms with Crippen LogP contribution in [0.5, 0.6) is 0 Å². The van der Waals surface area contributed by atoms with Crippen LogP contribution in [0.1, 0.15) is 26.4 Å². The van der Waals surface area contributed by atoms with E-state index in [1.807, 2.05) is 31.2 Å². The van der Waals surface area contributed by atoms with Crippen molar-refractivity contribution < 1.29 is 9.59 Å². The normalized spacial score (nSPS) is 10.3. The highest BCUT2D eigenvalue weighted by Crippen LogP contribution is 2.23. The number of nitrogens with zero attached hydrogens (tertiary/aromatic N) is 1. The molecule has 2 amide bonds. The predicted octanol–water partition coefficient (Wildman–Crippen LogP) is 3.85. The Bertz CT molecular complexity index is 922. The molecule has 2 N–H and O–H groups in total. The van der Waals surface area contributed by atoms with Gasteiger partial charge in [0, 0.05) is 10.9 Å². The van der Waals surface area contributed by atoms with E-state index in [0.29, 0.717) is 5.02 Å². The summed E-state index contributed by atoms with van der Waals surface area (Å²) in [5, 5.41) is 2.69. The number of carbonyl (C=O) groups is 2. The zero-order valence-electron chi connectivity index (χ0n) is 13.2. The van der Waals surface area contributed by atoms with E-state index < -0.39 is 11.8 Å². The first-order valence-electron chi connectivity index (χ1n) is 7.42. The van der Waals surface area contributed by atoms with Gasteiger partial charge in [-0.2, -0.15) is 0 Å². The summed E-state index contributed by atoms with van der Waals surface area (Å²) >= 11 is 7.31. The van der Waals surface area contributed by atoms with E-state index in [0.717, 1.165) is 16.1 Å². The van der Waals surface area contributed by atoms with Crippen LogP contribution < -0.4 is 10.9 Å². The largest absolute Gasteiger partial charge is 0.289 e. The van der Waals surface area contributed by atoms with Gasteiger partial charge in [-0.3, -0.25) is 20.4 Å². The highest BCUT2D eigenvalue weighted by molar-refractivity contribution is 7.13. The van der Waals surface area contributed by atoms with Gasteiger partial charge in [0.25, 0.3) is 11.8 Å². The molecule has 0 aliphatic rings. The minimum atomic E-state index is -0.493. The second kappa shape index (κ2) is 7.46. The number of rotatable bonds is 3. The molecule has 0 bridgehead atoms. The van der Waals surface area contributed by atoms with Crippen molar-refractivity contribution in [1.29, 1.82) is 0 Å². The molecule has 0 saturated carbocycles. The lowest BCUT2D eigenvalue weighted by Crippen LogP contribution is -2.41. The zero-order chi connectivity index (χ0) is 17.8. The first-order valence-corrected chi connectivity index (χ1v) is 8.68. The van der Waals surface area contributed by atoms with Gasteiger partial charge in [0.2, 0.25) is 0 Å². The van der Waals surface area contributed by atoms with E-state index in [9.17, 15) is 9.59 Å². The number of hydrogen-bond acceptors (Lipinski definition) is 4. The summed E-state index contributed by atoms with van der Waals surface area (Å²) in [6.07, 6.45) is 0. The molecule has 2 aromatic carbocycles. The molecule has 0 aliphatic heterocycles. The third-order valence-corrected chi connectivity index (χ3v) is 4.66. The fourth-order valence-electron chi connectivity index (χ4n) is 2.10. The molecule has 0 atom stereocenters. The van der Waals surface area contributed by atoms with E-state index in [1.165, 1.54) is 11.3 Å². The minimum Gasteiger partial charge on any atom is -0.267 e. The van der Waals surface area contributed by atoms with Gasteiger partial charge in [-0.1, -0.05) is 53.6 Å². The van der Waals surface area contributed by atoms with Crippen LogP contribution in [0.3, 0.4) is 0 Å². The van der Waals surface area contributed by atoms with Crippen molar-refractivity contribution >= 4 is 34.8 Å². The number of thiazole rings is 1. The summed E-state index contributed by atoms with van der Waals surface area (Å²) in [6.45, 7) is 2.01. The Morgan fingerprint density at radius 1 is 1.00 bits per heavy atom. The number of hydrogen-bond donors (Lipinski definition) is 2. The van der Waals surface area contributed by atoms with Gasteiger partial charge in [0.05, 0.1) is 10.6 Å². The van der Waals surface area contributed by atoms with Crippen LogP contribution in [0, 0.1) is 6.92 Å². The monoisotopic (exact) mass is 371 g/mol. The van der Waals surface area contributed by atoms with Crippen molar-refractivity contribution in [2.75, 3.05) is 0 Å². The highest BCUT2D eigenvalue weighted by atomic mass is 35.5. The molecule has 0 unspecified atom stereocenters. The Balaban J connectivity index is 1.65. The van der Waals surface area contributed by atoms with Gasteiger partial charge >= 0.3 is 0 Å². The first kappa shape index (κ1) is 17.1. The Morgan fingerprint density at radius 2 is 1.68 bits per heavy atom. The molecule has 0 radical (unpaired) electrons. The predicted molar refractivity (Wildman–Crippen MR) is 98.7 cm³/mol. The van der Waals surface area contributed by atoms with Crippen molar-refractivity contribution in [3.05, 3.63) is 75.8 Å². The fourth-order valence-corrected chi connectivity index (χ4v) is 3.12. The molecule has 0 saturated heterocycles. The average Bonchev–Trinajstić information content (AvgIpc) is 3.10. The average molecular weight is 372 g/mol. The summed E-state index contributed by atoms with van der Waals surface area (Å²) in [5.74, 6) is -0.983. The van der Waals surface area contributed by atoms with Crippen molar-refractivity contribution in [2.45, 2.75) is 6.92 Å². The number of nitrogens with one attached hydrogen (secondary N) is 2. The molecule has 126 valence electrons. The molecule has 1 aromatic heterocycles. The Kier molecular flexibility index (Phi) is 5.11. The summed E-state index contributed by atoms with van der Waals surface area (Å²) in [7, 11) is 0. The quantitative estimate of drug-likeness (QED) is 0.687. The first-order chi connectivity index (χ1) is 12.0. The van der Waals surface area contributed by atoms with Gasteiger partial charge in [-0.15, -0.1) is 11.3 Å². The van der Waals surface area contributed by atoms with Crippen molar-refractivity contribution in [2.24, 2.45) is 0 Å². The number of aryl methyl sites for hydroxylation is 1. The van der Waals surface area contributed by atoms with Gasteiger partial charge in [0.1, 0.15) is 10.7 Å². The van der Waals surface area contributed by atoms with Gasteiger partial charge in [-0.25, -0.2) is 4.98 Å². The fraction of sp³-hybridized carbons (Fsp3) is 0.0556. The van der Waals surface area contributed by atoms with E-state index in [2.05, 4.69) is 15.8 Å². The van der Waals surface area contributed by atoms with Crippen molar-refractivity contribution in [3.8, 4) is 10.6 Å². The molecule has 3 rings (SSSR count). The topological polar surface area (TPSA) is 71.1 Å². The van der Waals surface area contributed by atoms with Crippen molar-refractivity contribution in [1.82, 2.24) is 15.8 Å². The number of aromatic nitrogens is 1. The summed E-state index contributed by atoms with van der Waals surface area (Å²) < 4.78 is 0. The molecular weight excluding hydrogens is 358 g/mol. The molecule has 0 fully saturated rings. The molecule has 1 heterocycles. The Morgan fingerprint density at radius 3 is 2.40 bits per heavy atom. The van der Waals surface area contributed by atoms with Gasteiger partial charge in [0.15, 0.2) is 0 Å². The Hall–Kier alpha value is -2.70. The zero-order valence-corrected chi connectivity index (χ0v) is 14.8. The second-order valence-electron chi connectivity index (χ2n) is 5.29. The maximum absolute atomic E-state index is 12.1. The molecule has 25 heavy (non-hydrogen) atoms. The van der Waals surface area contributed by atoms with Gasteiger partial charge < -0.3 is 0 Å². The van der Waals surface area contributed by atoms with Crippen LogP contribution in [-0.2, 0) is 0 Å². The molecule has 3 aromatic rings. The van der Waals surface area contributed by atoms with Crippen LogP contribution in [0.2, 0.25) is 5.02 Å². The van der Waals surface area contributed by atoms with Crippen LogP contribution in [-0.4, -0.2) is 16.8 Å². The van der Waals surface area contributed by atoms with E-state index in [4.69, 9.17) is 11.6 Å². The van der Waals surface area contributed by atoms with Crippen LogP contribution in [0.4, 0.5) is 0 Å². The standard InChI is InChI=1S/C18H14ClN3O2S/c1-11-6-8-12(9-7-11)18-20-15(10-25-18)17(24)22-21-16(23)13-4-2-3-5-14(13)19/h2-10H,1H3,(H,21,23)(H,22,24). The molecular formula is C18H14ClN3O2S. The SMILES string of the molecule is Cc1ccc(-c2nc(C(=O)NNC(=O)c3ccccc3Cl)cs2)cc1. The third kappa shape index (κ3) is 4.04. The van der Waals surface area contributed by atoms with Crippen LogP contribution >= 0.6 is 22.9 Å². The highest BCUT2D eigenvalue weighted by Gasteiger charge is 2.14. The number of halogens is 1. The number of benzene rings is 2. The molecule has 5 nitrogen and oxygen atoms in total. The lowest BCUT2D eigenvalue weighted by Gasteiger charge is -2.07. The smallest absolute Gasteiger partial charge is 0.267 e. The molecule has 0 spiro atoms. The van der Waals surface area contributed by atoms with Gasteiger partial charge in [-0.05, 0) is 19.1 Å². The molecule has 7 heteroatoms. The van der Waals surface area contributed by atoms with E-state index in [1.54, 1.807) is 29.6 Å². The molecule has 0 aliphatic carbocycles. The van der Waals surface area contributed by atoms with Crippen LogP contribution in [0.25, 0.3) is 10.6 Å². The van der Waals surface area contributed by atoms with Crippen LogP contribution in [0.15, 0.2) is 53.9 Å². The minimum absolute atomic E-state index is 0.236. The Labute approximate surface area is 153 Å². The van der Waals surface area contributed by atoms with E-state index >= 15 is 0 Å². The summed E-state index contributed by atoms with van der Waals surface area (Å²) in [6, 6.07) is 14.5. The number of carbonyl (C=O) groups excluding carboxylic acids is 2. The summed E-state index contributed by atoms with van der Waals surface area (Å²) in [4.78, 5) is 28.5. The lowest BCUT2D eigenvalue weighted by molar-refractivity contribution is 0.0844. The lowest BCUT2D eigenvalue weighted by atomic mass is 10.2. The summed E-state index contributed by atoms with van der Waals surface area (Å²) in [5.41, 5.74) is 7.29.